The summed E-state index contributed by atoms with van der Waals surface area (Å²) >= 11 is 0. The molecule has 1 aliphatic heterocycles. The number of furan rings is 1. The van der Waals surface area contributed by atoms with Crippen LogP contribution < -0.4 is 5.32 Å². The van der Waals surface area contributed by atoms with E-state index in [-0.39, 0.29) is 5.91 Å². The van der Waals surface area contributed by atoms with Crippen molar-refractivity contribution in [2.45, 2.75) is 32.6 Å². The minimum Gasteiger partial charge on any atom is -0.451 e. The highest BCUT2D eigenvalue weighted by Gasteiger charge is 2.15. The predicted molar refractivity (Wildman–Crippen MR) is 92.6 cm³/mol. The molecule has 4 heteroatoms. The van der Waals surface area contributed by atoms with Crippen LogP contribution in [-0.2, 0) is 0 Å². The van der Waals surface area contributed by atoms with Gasteiger partial charge < -0.3 is 14.6 Å². The number of para-hydroxylation sites is 1. The predicted octanol–water partition coefficient (Wildman–Crippen LogP) is 3.67. The molecule has 23 heavy (non-hydrogen) atoms. The number of piperidine rings is 1. The van der Waals surface area contributed by atoms with Crippen LogP contribution in [0.3, 0.4) is 0 Å². The Balaban J connectivity index is 1.37. The number of unbranched alkanes of at least 4 members (excludes halogenated alkanes) is 1. The first-order valence-electron chi connectivity index (χ1n) is 8.71. The lowest BCUT2D eigenvalue weighted by atomic mass is 10.0. The molecule has 1 atom stereocenters. The van der Waals surface area contributed by atoms with Gasteiger partial charge in [-0.3, -0.25) is 4.79 Å². The summed E-state index contributed by atoms with van der Waals surface area (Å²) in [6.07, 6.45) is 4.83. The van der Waals surface area contributed by atoms with Crippen molar-refractivity contribution in [1.29, 1.82) is 0 Å². The molecule has 4 nitrogen and oxygen atoms in total. The van der Waals surface area contributed by atoms with Gasteiger partial charge in [0.25, 0.3) is 5.91 Å². The van der Waals surface area contributed by atoms with Gasteiger partial charge in [0.2, 0.25) is 0 Å². The van der Waals surface area contributed by atoms with Crippen LogP contribution in [0.15, 0.2) is 34.7 Å². The van der Waals surface area contributed by atoms with Crippen LogP contribution in [-0.4, -0.2) is 37.0 Å². The normalized spacial score (nSPS) is 19.1. The summed E-state index contributed by atoms with van der Waals surface area (Å²) in [4.78, 5) is 14.7. The molecule has 0 radical (unpaired) electrons. The Morgan fingerprint density at radius 2 is 2.22 bits per heavy atom. The Hall–Kier alpha value is -1.81. The molecule has 0 saturated carbocycles. The van der Waals surface area contributed by atoms with Gasteiger partial charge in [-0.2, -0.15) is 0 Å². The number of carbonyl (C=O) groups excluding carboxylic acids is 1. The van der Waals surface area contributed by atoms with Crippen LogP contribution in [0, 0.1) is 5.92 Å². The lowest BCUT2D eigenvalue weighted by Gasteiger charge is -2.30. The molecule has 1 aromatic carbocycles. The molecule has 1 aromatic heterocycles. The summed E-state index contributed by atoms with van der Waals surface area (Å²) in [5, 5.41) is 3.92. The van der Waals surface area contributed by atoms with Gasteiger partial charge in [0.15, 0.2) is 5.76 Å². The highest BCUT2D eigenvalue weighted by Crippen LogP contribution is 2.18. The van der Waals surface area contributed by atoms with Crippen molar-refractivity contribution in [3.8, 4) is 0 Å². The van der Waals surface area contributed by atoms with Gasteiger partial charge in [0, 0.05) is 18.5 Å². The van der Waals surface area contributed by atoms with Crippen molar-refractivity contribution < 1.29 is 9.21 Å². The number of hydrogen-bond acceptors (Lipinski definition) is 3. The standard InChI is InChI=1S/C19H26N2O2/c1-15-7-6-12-21(14-15)11-5-4-10-20-19(22)18-13-16-8-2-3-9-17(16)23-18/h2-3,8-9,13,15H,4-7,10-12,14H2,1H3,(H,20,22)/t15-/m0/s1. The minimum atomic E-state index is -0.118. The average Bonchev–Trinajstić information content (AvgIpc) is 2.98. The first kappa shape index (κ1) is 16.1. The van der Waals surface area contributed by atoms with E-state index < -0.39 is 0 Å². The lowest BCUT2D eigenvalue weighted by Crippen LogP contribution is -2.35. The van der Waals surface area contributed by atoms with E-state index in [1.165, 1.54) is 25.9 Å². The molecule has 124 valence electrons. The topological polar surface area (TPSA) is 45.5 Å². The zero-order valence-electron chi connectivity index (χ0n) is 13.9. The van der Waals surface area contributed by atoms with Gasteiger partial charge in [-0.05, 0) is 56.8 Å². The average molecular weight is 314 g/mol. The fourth-order valence-electron chi connectivity index (χ4n) is 3.33. The Bertz CT molecular complexity index is 617. The van der Waals surface area contributed by atoms with Crippen LogP contribution in [0.25, 0.3) is 11.0 Å². The largest absolute Gasteiger partial charge is 0.451 e. The Morgan fingerprint density at radius 1 is 1.35 bits per heavy atom. The Morgan fingerprint density at radius 3 is 3.04 bits per heavy atom. The molecular formula is C19H26N2O2. The van der Waals surface area contributed by atoms with Crippen molar-refractivity contribution in [2.24, 2.45) is 5.92 Å². The van der Waals surface area contributed by atoms with Crippen LogP contribution in [0.2, 0.25) is 0 Å². The van der Waals surface area contributed by atoms with Gasteiger partial charge in [0.05, 0.1) is 0 Å². The second-order valence-corrected chi connectivity index (χ2v) is 6.66. The van der Waals surface area contributed by atoms with Crippen LogP contribution in [0.4, 0.5) is 0 Å². The number of hydrogen-bond donors (Lipinski definition) is 1. The van der Waals surface area contributed by atoms with E-state index in [9.17, 15) is 4.79 Å². The maximum Gasteiger partial charge on any atom is 0.287 e. The van der Waals surface area contributed by atoms with E-state index in [0.29, 0.717) is 12.3 Å². The molecular weight excluding hydrogens is 288 g/mol. The quantitative estimate of drug-likeness (QED) is 0.827. The molecule has 0 bridgehead atoms. The smallest absolute Gasteiger partial charge is 0.287 e. The minimum absolute atomic E-state index is 0.118. The number of fused-ring (bicyclic) bond motifs is 1. The number of amides is 1. The maximum atomic E-state index is 12.1. The van der Waals surface area contributed by atoms with Gasteiger partial charge >= 0.3 is 0 Å². The third-order valence-electron chi connectivity index (χ3n) is 4.58. The molecule has 1 amide bonds. The summed E-state index contributed by atoms with van der Waals surface area (Å²) in [7, 11) is 0. The highest BCUT2D eigenvalue weighted by molar-refractivity contribution is 5.95. The van der Waals surface area contributed by atoms with E-state index >= 15 is 0 Å². The van der Waals surface area contributed by atoms with Crippen molar-refractivity contribution in [2.75, 3.05) is 26.2 Å². The highest BCUT2D eigenvalue weighted by atomic mass is 16.3. The van der Waals surface area contributed by atoms with Gasteiger partial charge in [-0.1, -0.05) is 25.1 Å². The molecule has 3 rings (SSSR count). The van der Waals surface area contributed by atoms with E-state index in [2.05, 4.69) is 17.1 Å². The third kappa shape index (κ3) is 4.35. The van der Waals surface area contributed by atoms with Gasteiger partial charge in [-0.25, -0.2) is 0 Å². The molecule has 0 aliphatic carbocycles. The van der Waals surface area contributed by atoms with Crippen LogP contribution in [0.5, 0.6) is 0 Å². The first-order valence-corrected chi connectivity index (χ1v) is 8.71. The van der Waals surface area contributed by atoms with Crippen molar-refractivity contribution in [1.82, 2.24) is 10.2 Å². The number of likely N-dealkylation sites (tertiary alicyclic amines) is 1. The lowest BCUT2D eigenvalue weighted by molar-refractivity contribution is 0.0926. The van der Waals surface area contributed by atoms with Crippen molar-refractivity contribution >= 4 is 16.9 Å². The number of nitrogens with one attached hydrogen (secondary N) is 1. The van der Waals surface area contributed by atoms with Crippen molar-refractivity contribution in [3.05, 3.63) is 36.1 Å². The zero-order valence-corrected chi connectivity index (χ0v) is 13.9. The maximum absolute atomic E-state index is 12.1. The van der Waals surface area contributed by atoms with E-state index in [1.807, 2.05) is 24.3 Å². The number of rotatable bonds is 6. The molecule has 2 aromatic rings. The van der Waals surface area contributed by atoms with E-state index in [1.54, 1.807) is 6.07 Å². The second kappa shape index (κ2) is 7.64. The Labute approximate surface area is 137 Å². The van der Waals surface area contributed by atoms with Gasteiger partial charge in [-0.15, -0.1) is 0 Å². The first-order chi connectivity index (χ1) is 11.2. The second-order valence-electron chi connectivity index (χ2n) is 6.66. The molecule has 0 unspecified atom stereocenters. The summed E-state index contributed by atoms with van der Waals surface area (Å²) in [5.74, 6) is 1.11. The van der Waals surface area contributed by atoms with Crippen molar-refractivity contribution in [3.63, 3.8) is 0 Å². The fourth-order valence-corrected chi connectivity index (χ4v) is 3.33. The molecule has 0 spiro atoms. The molecule has 1 saturated heterocycles. The summed E-state index contributed by atoms with van der Waals surface area (Å²) in [5.41, 5.74) is 0.761. The Kier molecular flexibility index (Phi) is 5.34. The number of carbonyl (C=O) groups is 1. The SMILES string of the molecule is C[C@H]1CCCN(CCCCNC(=O)c2cc3ccccc3o2)C1. The fraction of sp³-hybridized carbons (Fsp3) is 0.526. The number of benzene rings is 1. The third-order valence-corrected chi connectivity index (χ3v) is 4.58. The number of nitrogens with zero attached hydrogens (tertiary/aromatic N) is 1. The summed E-state index contributed by atoms with van der Waals surface area (Å²) in [6, 6.07) is 9.50. The zero-order chi connectivity index (χ0) is 16.1. The molecule has 1 fully saturated rings. The monoisotopic (exact) mass is 314 g/mol. The van der Waals surface area contributed by atoms with Crippen LogP contribution >= 0.6 is 0 Å². The van der Waals surface area contributed by atoms with Gasteiger partial charge in [0.1, 0.15) is 5.58 Å². The van der Waals surface area contributed by atoms with Crippen LogP contribution in [0.1, 0.15) is 43.2 Å². The summed E-state index contributed by atoms with van der Waals surface area (Å²) < 4.78 is 5.57. The molecule has 1 N–H and O–H groups in total. The van der Waals surface area contributed by atoms with E-state index in [0.717, 1.165) is 36.3 Å². The van der Waals surface area contributed by atoms with E-state index in [4.69, 9.17) is 4.42 Å². The molecule has 2 heterocycles. The molecule has 1 aliphatic rings. The summed E-state index contributed by atoms with van der Waals surface area (Å²) in [6.45, 7) is 6.64.